The molecule has 0 aliphatic rings. The summed E-state index contributed by atoms with van der Waals surface area (Å²) >= 11 is 0. The summed E-state index contributed by atoms with van der Waals surface area (Å²) in [6, 6.07) is 21.4. The smallest absolute Gasteiger partial charge is 0.346 e. The number of carbonyl (C=O) groups is 1. The van der Waals surface area contributed by atoms with E-state index in [1.807, 2.05) is 87.5 Å². The van der Waals surface area contributed by atoms with Crippen LogP contribution in [0.1, 0.15) is 36.7 Å². The Balaban J connectivity index is 1.84. The zero-order chi connectivity index (χ0) is 21.1. The molecule has 4 aromatic rings. The Morgan fingerprint density at radius 2 is 1.67 bits per heavy atom. The Kier molecular flexibility index (Phi) is 5.23. The van der Waals surface area contributed by atoms with Gasteiger partial charge < -0.3 is 9.47 Å². The molecular weight excluding hydrogens is 378 g/mol. The second-order valence-corrected chi connectivity index (χ2v) is 7.91. The van der Waals surface area contributed by atoms with Crippen molar-refractivity contribution >= 4 is 11.6 Å². The molecule has 0 unspecified atom stereocenters. The number of fused-ring (bicyclic) bond motifs is 1. The van der Waals surface area contributed by atoms with Gasteiger partial charge in [-0.3, -0.25) is 0 Å². The van der Waals surface area contributed by atoms with E-state index in [0.29, 0.717) is 18.0 Å². The van der Waals surface area contributed by atoms with Crippen molar-refractivity contribution in [2.24, 2.45) is 0 Å². The molecule has 0 atom stereocenters. The molecule has 2 aromatic heterocycles. The first kappa shape index (κ1) is 19.6. The number of nitrogens with zero attached hydrogens (tertiary/aromatic N) is 3. The van der Waals surface area contributed by atoms with Gasteiger partial charge in [-0.15, -0.1) is 0 Å². The van der Waals surface area contributed by atoms with Crippen LogP contribution in [0, 0.1) is 0 Å². The molecule has 0 amide bonds. The van der Waals surface area contributed by atoms with Crippen LogP contribution in [-0.2, 0) is 11.3 Å². The van der Waals surface area contributed by atoms with Gasteiger partial charge in [-0.2, -0.15) is 5.10 Å². The molecule has 0 N–H and O–H groups in total. The standard InChI is InChI=1S/C24H23N3O3/c1-24(2,3)30-23(28)21-20(29-15-17-10-6-4-7-11-17)14-19(18-12-8-5-9-13-18)27-22(21)25-16-26-27/h4-14,16H,15H2,1-3H3. The van der Waals surface area contributed by atoms with Gasteiger partial charge in [0.15, 0.2) is 5.65 Å². The van der Waals surface area contributed by atoms with Crippen LogP contribution in [0.15, 0.2) is 73.1 Å². The summed E-state index contributed by atoms with van der Waals surface area (Å²) in [5.41, 5.74) is 2.72. The molecule has 6 nitrogen and oxygen atoms in total. The fourth-order valence-electron chi connectivity index (χ4n) is 3.14. The molecule has 0 saturated heterocycles. The lowest BCUT2D eigenvalue weighted by Gasteiger charge is -2.21. The van der Waals surface area contributed by atoms with Gasteiger partial charge in [-0.1, -0.05) is 60.7 Å². The van der Waals surface area contributed by atoms with Gasteiger partial charge in [0.2, 0.25) is 0 Å². The van der Waals surface area contributed by atoms with Crippen molar-refractivity contribution in [2.75, 3.05) is 0 Å². The molecule has 0 bridgehead atoms. The quantitative estimate of drug-likeness (QED) is 0.444. The molecule has 2 aromatic carbocycles. The van der Waals surface area contributed by atoms with Crippen LogP contribution >= 0.6 is 0 Å². The van der Waals surface area contributed by atoms with Gasteiger partial charge in [0.1, 0.15) is 29.8 Å². The zero-order valence-electron chi connectivity index (χ0n) is 17.2. The van der Waals surface area contributed by atoms with E-state index in [2.05, 4.69) is 10.1 Å². The van der Waals surface area contributed by atoms with Crippen LogP contribution in [-0.4, -0.2) is 26.2 Å². The normalized spacial score (nSPS) is 11.4. The number of ether oxygens (including phenoxy) is 2. The molecule has 0 radical (unpaired) electrons. The van der Waals surface area contributed by atoms with E-state index in [9.17, 15) is 4.79 Å². The van der Waals surface area contributed by atoms with E-state index in [1.54, 1.807) is 4.52 Å². The van der Waals surface area contributed by atoms with Crippen molar-refractivity contribution in [3.63, 3.8) is 0 Å². The molecule has 0 saturated carbocycles. The van der Waals surface area contributed by atoms with E-state index < -0.39 is 11.6 Å². The monoisotopic (exact) mass is 401 g/mol. The fraction of sp³-hybridized carbons (Fsp3) is 0.208. The van der Waals surface area contributed by atoms with Crippen LogP contribution in [0.2, 0.25) is 0 Å². The van der Waals surface area contributed by atoms with Gasteiger partial charge in [0, 0.05) is 11.6 Å². The van der Waals surface area contributed by atoms with Gasteiger partial charge in [-0.25, -0.2) is 14.3 Å². The predicted molar refractivity (Wildman–Crippen MR) is 114 cm³/mol. The minimum Gasteiger partial charge on any atom is -0.488 e. The number of pyridine rings is 1. The first-order valence-electron chi connectivity index (χ1n) is 9.74. The summed E-state index contributed by atoms with van der Waals surface area (Å²) in [5.74, 6) is -0.0874. The highest BCUT2D eigenvalue weighted by Crippen LogP contribution is 2.32. The molecule has 4 rings (SSSR count). The third-order valence-electron chi connectivity index (χ3n) is 4.42. The van der Waals surface area contributed by atoms with Gasteiger partial charge in [0.25, 0.3) is 0 Å². The highest BCUT2D eigenvalue weighted by Gasteiger charge is 2.27. The van der Waals surface area contributed by atoms with Gasteiger partial charge in [-0.05, 0) is 26.3 Å². The van der Waals surface area contributed by atoms with Gasteiger partial charge in [0.05, 0.1) is 5.69 Å². The van der Waals surface area contributed by atoms with Gasteiger partial charge >= 0.3 is 5.97 Å². The minimum atomic E-state index is -0.650. The number of hydrogen-bond acceptors (Lipinski definition) is 5. The number of rotatable bonds is 5. The zero-order valence-corrected chi connectivity index (χ0v) is 17.2. The average molecular weight is 401 g/mol. The highest BCUT2D eigenvalue weighted by molar-refractivity contribution is 6.00. The average Bonchev–Trinajstić information content (AvgIpc) is 3.21. The van der Waals surface area contributed by atoms with Crippen LogP contribution in [0.25, 0.3) is 16.9 Å². The van der Waals surface area contributed by atoms with E-state index in [-0.39, 0.29) is 5.56 Å². The van der Waals surface area contributed by atoms with Crippen molar-refractivity contribution in [1.29, 1.82) is 0 Å². The maximum atomic E-state index is 13.1. The minimum absolute atomic E-state index is 0.262. The number of hydrogen-bond donors (Lipinski definition) is 0. The third-order valence-corrected chi connectivity index (χ3v) is 4.42. The predicted octanol–water partition coefficient (Wildman–Crippen LogP) is 4.93. The summed E-state index contributed by atoms with van der Waals surface area (Å²) in [5, 5.41) is 4.34. The highest BCUT2D eigenvalue weighted by atomic mass is 16.6. The number of esters is 1. The summed E-state index contributed by atoms with van der Waals surface area (Å²) < 4.78 is 13.4. The van der Waals surface area contributed by atoms with Crippen molar-refractivity contribution in [3.8, 4) is 17.0 Å². The number of benzene rings is 2. The summed E-state index contributed by atoms with van der Waals surface area (Å²) in [6.07, 6.45) is 1.43. The van der Waals surface area contributed by atoms with E-state index in [4.69, 9.17) is 9.47 Å². The second kappa shape index (κ2) is 7.99. The topological polar surface area (TPSA) is 65.7 Å². The SMILES string of the molecule is CC(C)(C)OC(=O)c1c(OCc2ccccc2)cc(-c2ccccc2)n2ncnc12. The largest absolute Gasteiger partial charge is 0.488 e. The first-order chi connectivity index (χ1) is 14.4. The molecule has 6 heteroatoms. The van der Waals surface area contributed by atoms with Crippen LogP contribution < -0.4 is 4.74 Å². The number of carbonyl (C=O) groups excluding carboxylic acids is 1. The third kappa shape index (κ3) is 4.17. The maximum absolute atomic E-state index is 13.1. The number of aromatic nitrogens is 3. The molecule has 2 heterocycles. The van der Waals surface area contributed by atoms with E-state index in [0.717, 1.165) is 16.8 Å². The summed E-state index contributed by atoms with van der Waals surface area (Å²) in [7, 11) is 0. The molecule has 0 aliphatic heterocycles. The van der Waals surface area contributed by atoms with E-state index in [1.165, 1.54) is 6.33 Å². The lowest BCUT2D eigenvalue weighted by Crippen LogP contribution is -2.25. The Labute approximate surface area is 175 Å². The molecule has 0 aliphatic carbocycles. The first-order valence-corrected chi connectivity index (χ1v) is 9.74. The molecule has 30 heavy (non-hydrogen) atoms. The molecular formula is C24H23N3O3. The van der Waals surface area contributed by atoms with Crippen LogP contribution in [0.5, 0.6) is 5.75 Å². The summed E-state index contributed by atoms with van der Waals surface area (Å²) in [6.45, 7) is 5.80. The van der Waals surface area contributed by atoms with Crippen LogP contribution in [0.3, 0.4) is 0 Å². The van der Waals surface area contributed by atoms with Crippen molar-refractivity contribution in [3.05, 3.63) is 84.2 Å². The van der Waals surface area contributed by atoms with Crippen LogP contribution in [0.4, 0.5) is 0 Å². The Morgan fingerprint density at radius 1 is 1.00 bits per heavy atom. The molecule has 152 valence electrons. The Hall–Kier alpha value is -3.67. The Bertz CT molecular complexity index is 1160. The summed E-state index contributed by atoms with van der Waals surface area (Å²) in [4.78, 5) is 17.4. The van der Waals surface area contributed by atoms with Crippen molar-refractivity contribution in [2.45, 2.75) is 33.0 Å². The fourth-order valence-corrected chi connectivity index (χ4v) is 3.14. The lowest BCUT2D eigenvalue weighted by molar-refractivity contribution is 0.00671. The molecule has 0 fully saturated rings. The van der Waals surface area contributed by atoms with Crippen molar-refractivity contribution in [1.82, 2.24) is 14.6 Å². The van der Waals surface area contributed by atoms with E-state index >= 15 is 0 Å². The maximum Gasteiger partial charge on any atom is 0.346 e. The molecule has 0 spiro atoms. The second-order valence-electron chi connectivity index (χ2n) is 7.91. The van der Waals surface area contributed by atoms with Crippen molar-refractivity contribution < 1.29 is 14.3 Å². The lowest BCUT2D eigenvalue weighted by atomic mass is 10.1. The Morgan fingerprint density at radius 3 is 2.33 bits per heavy atom.